The van der Waals surface area contributed by atoms with Crippen LogP contribution in [0.5, 0.6) is 0 Å². The molecule has 1 rings (SSSR count). The quantitative estimate of drug-likeness (QED) is 0.410. The summed E-state index contributed by atoms with van der Waals surface area (Å²) < 4.78 is 36.9. The summed E-state index contributed by atoms with van der Waals surface area (Å²) in [4.78, 5) is 16.3. The fraction of sp³-hybridized carbons (Fsp3) is 0.579. The number of aliphatic imine (C=N–C) groups is 1. The molecular weight excluding hydrogens is 357 g/mol. The van der Waals surface area contributed by atoms with Gasteiger partial charge in [0.05, 0.1) is 6.54 Å². The van der Waals surface area contributed by atoms with Gasteiger partial charge in [0, 0.05) is 20.6 Å². The number of alkyl halides is 3. The summed E-state index contributed by atoms with van der Waals surface area (Å²) in [5, 5.41) is 5.79. The van der Waals surface area contributed by atoms with Crippen molar-refractivity contribution in [3.05, 3.63) is 35.4 Å². The summed E-state index contributed by atoms with van der Waals surface area (Å²) in [5.74, 6) is 0.243. The second kappa shape index (κ2) is 10.8. The number of amides is 1. The Morgan fingerprint density at radius 2 is 1.81 bits per heavy atom. The van der Waals surface area contributed by atoms with E-state index in [0.29, 0.717) is 23.3 Å². The van der Waals surface area contributed by atoms with Crippen molar-refractivity contribution in [1.29, 1.82) is 0 Å². The van der Waals surface area contributed by atoms with Gasteiger partial charge >= 0.3 is 6.18 Å². The zero-order chi connectivity index (χ0) is 20.4. The Bertz CT molecular complexity index is 612. The summed E-state index contributed by atoms with van der Waals surface area (Å²) in [6.07, 6.45) is -2.64. The number of likely N-dealkylation sites (N-methyl/N-ethyl adjacent to an activating group) is 1. The first-order valence-electron chi connectivity index (χ1n) is 8.96. The van der Waals surface area contributed by atoms with E-state index in [0.717, 1.165) is 19.9 Å². The number of hydrogen-bond donors (Lipinski definition) is 2. The van der Waals surface area contributed by atoms with E-state index in [1.165, 1.54) is 11.1 Å². The maximum atomic E-state index is 12.3. The van der Waals surface area contributed by atoms with E-state index in [2.05, 4.69) is 53.7 Å². The minimum atomic E-state index is -4.41. The van der Waals surface area contributed by atoms with Crippen molar-refractivity contribution in [1.82, 2.24) is 15.5 Å². The van der Waals surface area contributed by atoms with Gasteiger partial charge in [-0.3, -0.25) is 9.79 Å². The largest absolute Gasteiger partial charge is 0.406 e. The number of rotatable bonds is 8. The van der Waals surface area contributed by atoms with Gasteiger partial charge in [0.2, 0.25) is 5.91 Å². The van der Waals surface area contributed by atoms with Gasteiger partial charge in [0.25, 0.3) is 0 Å². The molecule has 1 aromatic rings. The van der Waals surface area contributed by atoms with Gasteiger partial charge in [-0.1, -0.05) is 38.1 Å². The molecular formula is C19H29F3N4O. The van der Waals surface area contributed by atoms with Crippen LogP contribution in [0.2, 0.25) is 0 Å². The minimum Gasteiger partial charge on any atom is -0.356 e. The Morgan fingerprint density at radius 3 is 2.33 bits per heavy atom. The van der Waals surface area contributed by atoms with Crippen LogP contribution in [0.15, 0.2) is 29.3 Å². The van der Waals surface area contributed by atoms with Crippen LogP contribution in [0.4, 0.5) is 13.2 Å². The highest BCUT2D eigenvalue weighted by Gasteiger charge is 2.31. The first-order chi connectivity index (χ1) is 12.6. The molecule has 1 aromatic carbocycles. The molecule has 1 amide bonds. The number of nitrogens with one attached hydrogen (secondary N) is 2. The molecule has 0 aliphatic heterocycles. The third-order valence-corrected chi connectivity index (χ3v) is 4.05. The van der Waals surface area contributed by atoms with E-state index in [9.17, 15) is 18.0 Å². The Balaban J connectivity index is 2.31. The highest BCUT2D eigenvalue weighted by atomic mass is 19.4. The molecule has 5 nitrogen and oxygen atoms in total. The molecule has 0 bridgehead atoms. The zero-order valence-corrected chi connectivity index (χ0v) is 16.4. The number of carbonyl (C=O) groups excluding carboxylic acids is 1. The standard InChI is InChI=1S/C19H29F3N4O/c1-14(2)16-9-7-15(8-10-16)6-5-11-24-18(23-3)25-12-17(27)26(4)13-19(20,21)22/h7-10,14H,5-6,11-13H2,1-4H3,(H2,23,24,25). The predicted octanol–water partition coefficient (Wildman–Crippen LogP) is 2.93. The van der Waals surface area contributed by atoms with Crippen LogP contribution in [0.25, 0.3) is 0 Å². The Morgan fingerprint density at radius 1 is 1.19 bits per heavy atom. The van der Waals surface area contributed by atoms with Crippen molar-refractivity contribution < 1.29 is 18.0 Å². The van der Waals surface area contributed by atoms with Crippen molar-refractivity contribution in [2.45, 2.75) is 38.8 Å². The van der Waals surface area contributed by atoms with Crippen LogP contribution in [-0.2, 0) is 11.2 Å². The Kier molecular flexibility index (Phi) is 9.11. The minimum absolute atomic E-state index is 0.247. The monoisotopic (exact) mass is 386 g/mol. The predicted molar refractivity (Wildman–Crippen MR) is 102 cm³/mol. The van der Waals surface area contributed by atoms with E-state index >= 15 is 0 Å². The second-order valence-electron chi connectivity index (χ2n) is 6.72. The lowest BCUT2D eigenvalue weighted by atomic mass is 10.0. The van der Waals surface area contributed by atoms with Crippen LogP contribution >= 0.6 is 0 Å². The average Bonchev–Trinajstić information content (AvgIpc) is 2.59. The van der Waals surface area contributed by atoms with Crippen LogP contribution in [0.3, 0.4) is 0 Å². The van der Waals surface area contributed by atoms with Gasteiger partial charge < -0.3 is 15.5 Å². The molecule has 2 N–H and O–H groups in total. The highest BCUT2D eigenvalue weighted by molar-refractivity contribution is 5.86. The van der Waals surface area contributed by atoms with E-state index in [1.807, 2.05) is 0 Å². The van der Waals surface area contributed by atoms with Crippen LogP contribution < -0.4 is 10.6 Å². The molecule has 0 spiro atoms. The molecule has 0 atom stereocenters. The maximum absolute atomic E-state index is 12.3. The first-order valence-corrected chi connectivity index (χ1v) is 8.96. The number of hydrogen-bond acceptors (Lipinski definition) is 2. The summed E-state index contributed by atoms with van der Waals surface area (Å²) >= 11 is 0. The molecule has 0 saturated heterocycles. The summed E-state index contributed by atoms with van der Waals surface area (Å²) in [7, 11) is 2.67. The molecule has 0 radical (unpaired) electrons. The van der Waals surface area contributed by atoms with Crippen LogP contribution in [0.1, 0.15) is 37.3 Å². The number of guanidine groups is 1. The van der Waals surface area contributed by atoms with E-state index in [4.69, 9.17) is 0 Å². The number of carbonyl (C=O) groups is 1. The molecule has 0 aromatic heterocycles. The molecule has 152 valence electrons. The van der Waals surface area contributed by atoms with Crippen LogP contribution in [-0.4, -0.2) is 56.7 Å². The smallest absolute Gasteiger partial charge is 0.356 e. The topological polar surface area (TPSA) is 56.7 Å². The van der Waals surface area contributed by atoms with Gasteiger partial charge in [0.15, 0.2) is 5.96 Å². The number of halogens is 3. The summed E-state index contributed by atoms with van der Waals surface area (Å²) in [5.41, 5.74) is 2.55. The third-order valence-electron chi connectivity index (χ3n) is 4.05. The van der Waals surface area contributed by atoms with Gasteiger partial charge in [-0.15, -0.1) is 0 Å². The van der Waals surface area contributed by atoms with Gasteiger partial charge in [-0.2, -0.15) is 13.2 Å². The fourth-order valence-electron chi connectivity index (χ4n) is 2.44. The lowest BCUT2D eigenvalue weighted by Gasteiger charge is -2.20. The Hall–Kier alpha value is -2.25. The van der Waals surface area contributed by atoms with Crippen molar-refractivity contribution in [3.63, 3.8) is 0 Å². The molecule has 0 unspecified atom stereocenters. The average molecular weight is 386 g/mol. The molecule has 0 heterocycles. The molecule has 0 aliphatic rings. The molecule has 0 fully saturated rings. The van der Waals surface area contributed by atoms with E-state index in [1.54, 1.807) is 7.05 Å². The molecule has 27 heavy (non-hydrogen) atoms. The number of benzene rings is 1. The summed E-state index contributed by atoms with van der Waals surface area (Å²) in [6.45, 7) is 3.43. The lowest BCUT2D eigenvalue weighted by Crippen LogP contribution is -2.45. The highest BCUT2D eigenvalue weighted by Crippen LogP contribution is 2.16. The molecule has 0 saturated carbocycles. The SMILES string of the molecule is CN=C(NCCCc1ccc(C(C)C)cc1)NCC(=O)N(C)CC(F)(F)F. The maximum Gasteiger partial charge on any atom is 0.406 e. The van der Waals surface area contributed by atoms with Crippen molar-refractivity contribution >= 4 is 11.9 Å². The fourth-order valence-corrected chi connectivity index (χ4v) is 2.44. The van der Waals surface area contributed by atoms with Crippen molar-refractivity contribution in [2.75, 3.05) is 33.7 Å². The van der Waals surface area contributed by atoms with Gasteiger partial charge in [0.1, 0.15) is 6.54 Å². The van der Waals surface area contributed by atoms with Gasteiger partial charge in [-0.05, 0) is 29.9 Å². The zero-order valence-electron chi connectivity index (χ0n) is 16.4. The molecule has 0 aliphatic carbocycles. The summed E-state index contributed by atoms with van der Waals surface area (Å²) in [6, 6.07) is 8.52. The number of nitrogens with zero attached hydrogens (tertiary/aromatic N) is 2. The Labute approximate surface area is 159 Å². The first kappa shape index (κ1) is 22.8. The van der Waals surface area contributed by atoms with E-state index in [-0.39, 0.29) is 6.54 Å². The van der Waals surface area contributed by atoms with E-state index < -0.39 is 18.6 Å². The molecule has 8 heteroatoms. The number of aryl methyl sites for hydroxylation is 1. The van der Waals surface area contributed by atoms with Crippen molar-refractivity contribution in [3.8, 4) is 0 Å². The second-order valence-corrected chi connectivity index (χ2v) is 6.72. The van der Waals surface area contributed by atoms with Gasteiger partial charge in [-0.25, -0.2) is 0 Å². The van der Waals surface area contributed by atoms with Crippen molar-refractivity contribution in [2.24, 2.45) is 4.99 Å². The normalized spacial score (nSPS) is 12.2. The van der Waals surface area contributed by atoms with Crippen LogP contribution in [0, 0.1) is 0 Å². The lowest BCUT2D eigenvalue weighted by molar-refractivity contribution is -0.157. The third kappa shape index (κ3) is 9.30.